The molecule has 0 aliphatic heterocycles. The number of carbonyl (C=O) groups excluding carboxylic acids is 2. The minimum Gasteiger partial charge on any atom is -0.466 e. The Labute approximate surface area is 532 Å². The summed E-state index contributed by atoms with van der Waals surface area (Å²) < 4.78 is 5.50. The molecule has 0 bridgehead atoms. The molecule has 0 aliphatic rings. The number of ether oxygens (including phenoxy) is 1. The van der Waals surface area contributed by atoms with E-state index in [1.54, 1.807) is 6.08 Å². The topological polar surface area (TPSA) is 95.9 Å². The molecule has 1 amide bonds. The van der Waals surface area contributed by atoms with Gasteiger partial charge in [-0.25, -0.2) is 0 Å². The van der Waals surface area contributed by atoms with Crippen molar-refractivity contribution in [1.82, 2.24) is 5.32 Å². The van der Waals surface area contributed by atoms with Crippen molar-refractivity contribution < 1.29 is 24.5 Å². The summed E-state index contributed by atoms with van der Waals surface area (Å²) in [5.41, 5.74) is 0. The number of carbonyl (C=O) groups is 2. The number of hydrogen-bond donors (Lipinski definition) is 3. The van der Waals surface area contributed by atoms with Crippen LogP contribution < -0.4 is 5.32 Å². The molecule has 2 unspecified atom stereocenters. The van der Waals surface area contributed by atoms with Crippen LogP contribution >= 0.6 is 0 Å². The van der Waals surface area contributed by atoms with Crippen molar-refractivity contribution in [3.8, 4) is 0 Å². The molecule has 502 valence electrons. The fourth-order valence-corrected chi connectivity index (χ4v) is 12.3. The van der Waals surface area contributed by atoms with Crippen molar-refractivity contribution in [2.75, 3.05) is 13.2 Å². The van der Waals surface area contributed by atoms with Gasteiger partial charge in [0.25, 0.3) is 0 Å². The van der Waals surface area contributed by atoms with Crippen LogP contribution in [-0.2, 0) is 14.3 Å². The number of unbranched alkanes of at least 4 members (excludes halogenated alkanes) is 58. The molecule has 0 spiro atoms. The SMILES string of the molecule is CCCCCC/C=C\C/C=C\CCCCCCCC(=O)OCCCCCCCCCCCCCCCCCCCCCCCCCCCCCCCCCCCC(=O)NC(CO)C(O)/C=C/CCCCCCCCCCCCCCCCCCC. The van der Waals surface area contributed by atoms with Gasteiger partial charge in [0.05, 0.1) is 25.4 Å². The highest BCUT2D eigenvalue weighted by Gasteiger charge is 2.18. The van der Waals surface area contributed by atoms with Crippen LogP contribution in [-0.4, -0.2) is 47.4 Å². The zero-order valence-electron chi connectivity index (χ0n) is 57.6. The van der Waals surface area contributed by atoms with Crippen molar-refractivity contribution in [3.05, 3.63) is 36.5 Å². The van der Waals surface area contributed by atoms with Gasteiger partial charge >= 0.3 is 5.97 Å². The summed E-state index contributed by atoms with van der Waals surface area (Å²) in [6.07, 6.45) is 96.9. The van der Waals surface area contributed by atoms with E-state index in [1.165, 1.54) is 353 Å². The lowest BCUT2D eigenvalue weighted by Gasteiger charge is -2.20. The van der Waals surface area contributed by atoms with Gasteiger partial charge in [-0.1, -0.05) is 391 Å². The molecule has 0 radical (unpaired) electrons. The summed E-state index contributed by atoms with van der Waals surface area (Å²) in [4.78, 5) is 24.6. The van der Waals surface area contributed by atoms with E-state index in [4.69, 9.17) is 4.74 Å². The average molecular weight is 1200 g/mol. The monoisotopic (exact) mass is 1190 g/mol. The van der Waals surface area contributed by atoms with Crippen molar-refractivity contribution in [2.24, 2.45) is 0 Å². The summed E-state index contributed by atoms with van der Waals surface area (Å²) in [6.45, 7) is 4.92. The van der Waals surface area contributed by atoms with E-state index in [9.17, 15) is 19.8 Å². The Bertz CT molecular complexity index is 1380. The minimum absolute atomic E-state index is 0.00854. The predicted molar refractivity (Wildman–Crippen MR) is 375 cm³/mol. The van der Waals surface area contributed by atoms with Gasteiger partial charge in [0.15, 0.2) is 0 Å². The summed E-state index contributed by atoms with van der Waals surface area (Å²) >= 11 is 0. The molecule has 0 aromatic rings. The van der Waals surface area contributed by atoms with Gasteiger partial charge in [0.2, 0.25) is 5.91 Å². The van der Waals surface area contributed by atoms with E-state index in [2.05, 4.69) is 43.5 Å². The second-order valence-electron chi connectivity index (χ2n) is 26.7. The van der Waals surface area contributed by atoms with E-state index in [0.29, 0.717) is 19.4 Å². The molecule has 6 nitrogen and oxygen atoms in total. The molecule has 0 rings (SSSR count). The number of rotatable bonds is 73. The highest BCUT2D eigenvalue weighted by molar-refractivity contribution is 5.76. The van der Waals surface area contributed by atoms with Gasteiger partial charge < -0.3 is 20.3 Å². The molecule has 6 heteroatoms. The van der Waals surface area contributed by atoms with Crippen LogP contribution in [0.5, 0.6) is 0 Å². The first kappa shape index (κ1) is 83.1. The Hall–Kier alpha value is -1.92. The van der Waals surface area contributed by atoms with Crippen LogP contribution in [0.1, 0.15) is 431 Å². The number of nitrogens with one attached hydrogen (secondary N) is 1. The van der Waals surface area contributed by atoms with Crippen molar-refractivity contribution in [1.29, 1.82) is 0 Å². The first-order valence-electron chi connectivity index (χ1n) is 38.8. The van der Waals surface area contributed by atoms with E-state index in [0.717, 1.165) is 51.4 Å². The second kappa shape index (κ2) is 74.5. The third-order valence-corrected chi connectivity index (χ3v) is 18.2. The Kier molecular flexibility index (Phi) is 72.9. The zero-order chi connectivity index (χ0) is 61.3. The molecule has 0 aromatic carbocycles. The first-order chi connectivity index (χ1) is 42.0. The van der Waals surface area contributed by atoms with Crippen LogP contribution in [0.15, 0.2) is 36.5 Å². The maximum absolute atomic E-state index is 12.5. The fraction of sp³-hybridized carbons (Fsp3) is 0.899. The lowest BCUT2D eigenvalue weighted by atomic mass is 10.0. The van der Waals surface area contributed by atoms with Gasteiger partial charge in [-0.3, -0.25) is 9.59 Å². The van der Waals surface area contributed by atoms with Crippen LogP contribution in [0, 0.1) is 0 Å². The van der Waals surface area contributed by atoms with Crippen LogP contribution in [0.4, 0.5) is 0 Å². The Balaban J connectivity index is 3.34. The van der Waals surface area contributed by atoms with Gasteiger partial charge in [-0.2, -0.15) is 0 Å². The largest absolute Gasteiger partial charge is 0.466 e. The van der Waals surface area contributed by atoms with Crippen molar-refractivity contribution >= 4 is 11.9 Å². The molecule has 0 saturated heterocycles. The molecule has 3 N–H and O–H groups in total. The molecular formula is C79H151NO5. The Morgan fingerprint density at radius 3 is 0.906 bits per heavy atom. The normalized spacial score (nSPS) is 12.7. The number of amides is 1. The fourth-order valence-electron chi connectivity index (χ4n) is 12.3. The molecule has 0 aromatic heterocycles. The van der Waals surface area contributed by atoms with Crippen molar-refractivity contribution in [3.63, 3.8) is 0 Å². The predicted octanol–water partition coefficient (Wildman–Crippen LogP) is 25.4. The van der Waals surface area contributed by atoms with Gasteiger partial charge in [0.1, 0.15) is 0 Å². The second-order valence-corrected chi connectivity index (χ2v) is 26.7. The molecule has 0 heterocycles. The lowest BCUT2D eigenvalue weighted by molar-refractivity contribution is -0.143. The van der Waals surface area contributed by atoms with E-state index in [1.807, 2.05) is 6.08 Å². The number of esters is 1. The lowest BCUT2D eigenvalue weighted by Crippen LogP contribution is -2.45. The van der Waals surface area contributed by atoms with E-state index >= 15 is 0 Å². The molecule has 0 fully saturated rings. The molecule has 0 aliphatic carbocycles. The third kappa shape index (κ3) is 71.0. The maximum atomic E-state index is 12.5. The molecule has 85 heavy (non-hydrogen) atoms. The summed E-state index contributed by atoms with van der Waals surface area (Å²) in [7, 11) is 0. The molecule has 2 atom stereocenters. The van der Waals surface area contributed by atoms with E-state index in [-0.39, 0.29) is 18.5 Å². The standard InChI is InChI=1S/C79H151NO5/c1-3-5-7-9-11-13-15-17-19-21-37-40-43-47-51-55-59-63-67-71-77(82)76(75-81)80-78(83)72-68-64-60-56-52-48-44-41-38-35-33-31-29-27-25-23-22-24-26-28-30-32-34-36-39-42-46-50-54-58-62-66-70-74-85-79(84)73-69-65-61-57-53-49-45-20-18-16-14-12-10-8-6-4-2/h14,16,20,45,67,71,76-77,81-82H,3-13,15,17-19,21-44,46-66,68-70,72-75H2,1-2H3,(H,80,83)/b16-14-,45-20-,71-67+. The highest BCUT2D eigenvalue weighted by Crippen LogP contribution is 2.20. The third-order valence-electron chi connectivity index (χ3n) is 18.2. The van der Waals surface area contributed by atoms with Crippen LogP contribution in [0.3, 0.4) is 0 Å². The highest BCUT2D eigenvalue weighted by atomic mass is 16.5. The maximum Gasteiger partial charge on any atom is 0.305 e. The minimum atomic E-state index is -0.842. The quantitative estimate of drug-likeness (QED) is 0.0320. The average Bonchev–Trinajstić information content (AvgIpc) is 3.51. The summed E-state index contributed by atoms with van der Waals surface area (Å²) in [5.74, 6) is -0.0508. The molecular weight excluding hydrogens is 1040 g/mol. The van der Waals surface area contributed by atoms with Crippen LogP contribution in [0.25, 0.3) is 0 Å². The van der Waals surface area contributed by atoms with Crippen molar-refractivity contribution in [2.45, 2.75) is 443 Å². The summed E-state index contributed by atoms with van der Waals surface area (Å²) in [5, 5.41) is 23.3. The number of hydrogen-bond acceptors (Lipinski definition) is 5. The van der Waals surface area contributed by atoms with Crippen LogP contribution in [0.2, 0.25) is 0 Å². The summed E-state index contributed by atoms with van der Waals surface area (Å²) in [6, 6.07) is -0.625. The zero-order valence-corrected chi connectivity index (χ0v) is 57.6. The van der Waals surface area contributed by atoms with Gasteiger partial charge in [-0.05, 0) is 64.2 Å². The number of aliphatic hydroxyl groups is 2. The van der Waals surface area contributed by atoms with Gasteiger partial charge in [-0.15, -0.1) is 0 Å². The Morgan fingerprint density at radius 2 is 0.588 bits per heavy atom. The smallest absolute Gasteiger partial charge is 0.305 e. The first-order valence-corrected chi connectivity index (χ1v) is 38.8. The molecule has 0 saturated carbocycles. The van der Waals surface area contributed by atoms with Gasteiger partial charge in [0, 0.05) is 12.8 Å². The van der Waals surface area contributed by atoms with E-state index < -0.39 is 12.1 Å². The Morgan fingerprint density at radius 1 is 0.329 bits per heavy atom. The number of aliphatic hydroxyl groups excluding tert-OH is 2. The number of allylic oxidation sites excluding steroid dienone is 5.